The first kappa shape index (κ1) is 19.2. The van der Waals surface area contributed by atoms with E-state index in [1.807, 2.05) is 0 Å². The number of hydrogen-bond donors (Lipinski definition) is 5. The zero-order valence-electron chi connectivity index (χ0n) is 14.1. The summed E-state index contributed by atoms with van der Waals surface area (Å²) in [4.78, 5) is 33.3. The number of hydrogen-bond acceptors (Lipinski definition) is 5. The third-order valence-electron chi connectivity index (χ3n) is 3.42. The van der Waals surface area contributed by atoms with Crippen LogP contribution in [-0.4, -0.2) is 28.7 Å². The molecule has 0 bridgehead atoms. The van der Waals surface area contributed by atoms with Crippen LogP contribution in [0, 0.1) is 0 Å². The van der Waals surface area contributed by atoms with Crippen LogP contribution in [0.15, 0.2) is 65.9 Å². The van der Waals surface area contributed by atoms with E-state index in [9.17, 15) is 14.4 Å². The summed E-state index contributed by atoms with van der Waals surface area (Å²) < 4.78 is 0. The van der Waals surface area contributed by atoms with Crippen molar-refractivity contribution in [1.29, 1.82) is 0 Å². The molecular weight excluding hydrogens is 350 g/mol. The van der Waals surface area contributed by atoms with Gasteiger partial charge in [-0.05, 0) is 35.4 Å². The number of carbonyl (C=O) groups excluding carboxylic acids is 2. The molecule has 0 saturated heterocycles. The number of amides is 3. The Hall–Kier alpha value is -4.14. The molecule has 0 spiro atoms. The molecule has 0 atom stereocenters. The molecule has 0 saturated carbocycles. The van der Waals surface area contributed by atoms with Gasteiger partial charge in [0.15, 0.2) is 5.71 Å². The minimum absolute atomic E-state index is 0.135. The molecule has 0 heterocycles. The third-order valence-corrected chi connectivity index (χ3v) is 3.42. The Balaban J connectivity index is 2.18. The van der Waals surface area contributed by atoms with E-state index < -0.39 is 17.9 Å². The van der Waals surface area contributed by atoms with Gasteiger partial charge in [-0.1, -0.05) is 30.8 Å². The molecule has 9 heteroatoms. The predicted molar refractivity (Wildman–Crippen MR) is 101 cm³/mol. The zero-order valence-corrected chi connectivity index (χ0v) is 14.1. The number of rotatable bonds is 7. The molecule has 9 nitrogen and oxygen atoms in total. The number of hydrazone groups is 1. The van der Waals surface area contributed by atoms with Crippen LogP contribution >= 0.6 is 0 Å². The van der Waals surface area contributed by atoms with E-state index in [0.29, 0.717) is 5.69 Å². The Morgan fingerprint density at radius 2 is 1.67 bits per heavy atom. The van der Waals surface area contributed by atoms with E-state index in [4.69, 9.17) is 16.6 Å². The van der Waals surface area contributed by atoms with Crippen molar-refractivity contribution in [1.82, 2.24) is 5.32 Å². The van der Waals surface area contributed by atoms with Crippen molar-refractivity contribution in [2.45, 2.75) is 0 Å². The lowest BCUT2D eigenvalue weighted by Crippen LogP contribution is -2.37. The quantitative estimate of drug-likeness (QED) is 0.369. The summed E-state index contributed by atoms with van der Waals surface area (Å²) in [7, 11) is 0. The van der Waals surface area contributed by atoms with E-state index in [0.717, 1.165) is 11.1 Å². The van der Waals surface area contributed by atoms with E-state index in [1.165, 1.54) is 6.07 Å². The molecule has 2 rings (SSSR count). The number of anilines is 1. The van der Waals surface area contributed by atoms with Gasteiger partial charge in [0.1, 0.15) is 0 Å². The van der Waals surface area contributed by atoms with E-state index in [-0.39, 0.29) is 17.0 Å². The maximum absolute atomic E-state index is 11.4. The molecule has 0 aliphatic carbocycles. The summed E-state index contributed by atoms with van der Waals surface area (Å²) in [6.07, 6.45) is 0. The maximum atomic E-state index is 11.4. The number of carboxylic acids is 1. The molecule has 0 radical (unpaired) electrons. The van der Waals surface area contributed by atoms with Gasteiger partial charge in [0.2, 0.25) is 0 Å². The first-order valence-corrected chi connectivity index (χ1v) is 7.61. The number of nitrogens with one attached hydrogen (secondary N) is 2. The SMILES string of the molecule is C=C(NC(N)=O)/C(=N\Nc1ccc(-c2cccc(C(=O)O)c2)cc1)C(N)=O. The predicted octanol–water partition coefficient (Wildman–Crippen LogP) is 1.49. The number of urea groups is 1. The Kier molecular flexibility index (Phi) is 5.90. The van der Waals surface area contributed by atoms with Crippen LogP contribution in [0.3, 0.4) is 0 Å². The van der Waals surface area contributed by atoms with Gasteiger partial charge in [-0.25, -0.2) is 9.59 Å². The van der Waals surface area contributed by atoms with Crippen LogP contribution < -0.4 is 22.2 Å². The number of primary amides is 2. The molecule has 2 aromatic rings. The average molecular weight is 367 g/mol. The monoisotopic (exact) mass is 367 g/mol. The second-order valence-corrected chi connectivity index (χ2v) is 5.37. The zero-order chi connectivity index (χ0) is 20.0. The van der Waals surface area contributed by atoms with Gasteiger partial charge >= 0.3 is 12.0 Å². The fourth-order valence-corrected chi connectivity index (χ4v) is 2.17. The largest absolute Gasteiger partial charge is 0.478 e. The topological polar surface area (TPSA) is 160 Å². The van der Waals surface area contributed by atoms with Gasteiger partial charge in [0.25, 0.3) is 5.91 Å². The van der Waals surface area contributed by atoms with Crippen molar-refractivity contribution >= 4 is 29.3 Å². The second-order valence-electron chi connectivity index (χ2n) is 5.37. The van der Waals surface area contributed by atoms with Crippen molar-refractivity contribution in [3.05, 3.63) is 66.4 Å². The van der Waals surface area contributed by atoms with Crippen molar-refractivity contribution in [2.24, 2.45) is 16.6 Å². The molecule has 138 valence electrons. The van der Waals surface area contributed by atoms with Crippen LogP contribution in [0.1, 0.15) is 10.4 Å². The smallest absolute Gasteiger partial charge is 0.335 e. The Morgan fingerprint density at radius 3 is 2.22 bits per heavy atom. The van der Waals surface area contributed by atoms with Crippen molar-refractivity contribution in [3.8, 4) is 11.1 Å². The first-order chi connectivity index (χ1) is 12.8. The number of carbonyl (C=O) groups is 3. The molecule has 0 fully saturated rings. The highest BCUT2D eigenvalue weighted by Crippen LogP contribution is 2.22. The summed E-state index contributed by atoms with van der Waals surface area (Å²) in [6, 6.07) is 12.5. The molecule has 3 amide bonds. The number of carboxylic acid groups (broad SMARTS) is 1. The lowest BCUT2D eigenvalue weighted by molar-refractivity contribution is -0.111. The minimum atomic E-state index is -1.01. The Bertz CT molecular complexity index is 935. The van der Waals surface area contributed by atoms with Gasteiger partial charge in [0, 0.05) is 0 Å². The van der Waals surface area contributed by atoms with Crippen LogP contribution in [0.4, 0.5) is 10.5 Å². The van der Waals surface area contributed by atoms with Gasteiger partial charge in [-0.2, -0.15) is 5.10 Å². The summed E-state index contributed by atoms with van der Waals surface area (Å²) >= 11 is 0. The maximum Gasteiger partial charge on any atom is 0.335 e. The Labute approximate surface area is 154 Å². The number of nitrogens with two attached hydrogens (primary N) is 2. The number of aromatic carboxylic acids is 1. The highest BCUT2D eigenvalue weighted by Gasteiger charge is 2.13. The molecule has 27 heavy (non-hydrogen) atoms. The van der Waals surface area contributed by atoms with Gasteiger partial charge in [0.05, 0.1) is 16.9 Å². The Morgan fingerprint density at radius 1 is 1.00 bits per heavy atom. The molecule has 7 N–H and O–H groups in total. The van der Waals surface area contributed by atoms with E-state index in [2.05, 4.69) is 22.4 Å². The van der Waals surface area contributed by atoms with Gasteiger partial charge < -0.3 is 21.9 Å². The molecule has 2 aromatic carbocycles. The molecule has 0 aliphatic heterocycles. The fourth-order valence-electron chi connectivity index (χ4n) is 2.17. The van der Waals surface area contributed by atoms with Crippen molar-refractivity contribution in [3.63, 3.8) is 0 Å². The normalized spacial score (nSPS) is 10.7. The standard InChI is InChI=1S/C18H17N5O4/c1-10(21-18(20)27)15(16(19)24)23-22-14-7-5-11(6-8-14)12-3-2-4-13(9-12)17(25)26/h2-9,22H,1H2,(H2,19,24)(H,25,26)(H3,20,21,27)/b23-15+. The molecule has 0 unspecified atom stereocenters. The highest BCUT2D eigenvalue weighted by atomic mass is 16.4. The number of nitrogens with zero attached hydrogens (tertiary/aromatic N) is 1. The minimum Gasteiger partial charge on any atom is -0.478 e. The van der Waals surface area contributed by atoms with Crippen LogP contribution in [0.5, 0.6) is 0 Å². The summed E-state index contributed by atoms with van der Waals surface area (Å²) in [5, 5.41) is 15.0. The van der Waals surface area contributed by atoms with Crippen molar-refractivity contribution in [2.75, 3.05) is 5.43 Å². The van der Waals surface area contributed by atoms with Crippen molar-refractivity contribution < 1.29 is 19.5 Å². The summed E-state index contributed by atoms with van der Waals surface area (Å²) in [5.41, 5.74) is 14.6. The summed E-state index contributed by atoms with van der Waals surface area (Å²) in [6.45, 7) is 3.47. The average Bonchev–Trinajstić information content (AvgIpc) is 2.61. The summed E-state index contributed by atoms with van der Waals surface area (Å²) in [5.74, 6) is -1.91. The second kappa shape index (κ2) is 8.30. The first-order valence-electron chi connectivity index (χ1n) is 7.61. The third kappa shape index (κ3) is 5.16. The van der Waals surface area contributed by atoms with E-state index in [1.54, 1.807) is 42.5 Å². The molecule has 0 aliphatic rings. The van der Waals surface area contributed by atoms with Crippen LogP contribution in [0.2, 0.25) is 0 Å². The van der Waals surface area contributed by atoms with Gasteiger partial charge in [-0.15, -0.1) is 0 Å². The van der Waals surface area contributed by atoms with Gasteiger partial charge in [-0.3, -0.25) is 10.2 Å². The lowest BCUT2D eigenvalue weighted by atomic mass is 10.0. The lowest BCUT2D eigenvalue weighted by Gasteiger charge is -2.08. The van der Waals surface area contributed by atoms with Crippen LogP contribution in [0.25, 0.3) is 11.1 Å². The fraction of sp³-hybridized carbons (Fsp3) is 0. The van der Waals surface area contributed by atoms with E-state index >= 15 is 0 Å². The van der Waals surface area contributed by atoms with Crippen LogP contribution in [-0.2, 0) is 4.79 Å². The highest BCUT2D eigenvalue weighted by molar-refractivity contribution is 6.45. The number of benzene rings is 2. The molecule has 0 aromatic heterocycles. The molecular formula is C18H17N5O4.